The van der Waals surface area contributed by atoms with Gasteiger partial charge in [-0.2, -0.15) is 0 Å². The van der Waals surface area contributed by atoms with E-state index in [1.807, 2.05) is 16.8 Å². The molecule has 0 amide bonds. The molecule has 1 aliphatic rings. The van der Waals surface area contributed by atoms with Crippen LogP contribution in [0.25, 0.3) is 11.0 Å². The number of ether oxygens (including phenoxy) is 1. The molecule has 0 unspecified atom stereocenters. The Morgan fingerprint density at radius 2 is 2.17 bits per heavy atom. The van der Waals surface area contributed by atoms with Gasteiger partial charge < -0.3 is 4.74 Å². The van der Waals surface area contributed by atoms with Crippen molar-refractivity contribution in [3.05, 3.63) is 46.7 Å². The molecule has 0 radical (unpaired) electrons. The Morgan fingerprint density at radius 1 is 1.29 bits per heavy atom. The summed E-state index contributed by atoms with van der Waals surface area (Å²) < 4.78 is 8.30. The van der Waals surface area contributed by atoms with E-state index in [0.29, 0.717) is 11.4 Å². The van der Waals surface area contributed by atoms with Crippen LogP contribution in [-0.2, 0) is 6.54 Å². The smallest absolute Gasteiger partial charge is 0.218 e. The lowest BCUT2D eigenvalue weighted by molar-refractivity contribution is 0.0916. The molecule has 1 aliphatic carbocycles. The number of pyridine rings is 1. The van der Waals surface area contributed by atoms with Crippen molar-refractivity contribution in [2.24, 2.45) is 5.92 Å². The fourth-order valence-corrected chi connectivity index (χ4v) is 3.05. The first kappa shape index (κ1) is 15.3. The van der Waals surface area contributed by atoms with Crippen LogP contribution in [0, 0.1) is 5.92 Å². The number of hydrogen-bond acceptors (Lipinski definition) is 5. The molecule has 3 aromatic rings. The van der Waals surface area contributed by atoms with Crippen molar-refractivity contribution in [3.63, 3.8) is 0 Å². The van der Waals surface area contributed by atoms with Gasteiger partial charge in [-0.25, -0.2) is 4.68 Å². The van der Waals surface area contributed by atoms with Gasteiger partial charge in [-0.1, -0.05) is 11.3 Å². The predicted molar refractivity (Wildman–Crippen MR) is 92.0 cm³/mol. The summed E-state index contributed by atoms with van der Waals surface area (Å²) in [5, 5.41) is 8.46. The van der Waals surface area contributed by atoms with Crippen molar-refractivity contribution in [2.75, 3.05) is 6.61 Å². The summed E-state index contributed by atoms with van der Waals surface area (Å²) in [5.74, 6) is 1.13. The quantitative estimate of drug-likeness (QED) is 0.608. The van der Waals surface area contributed by atoms with Gasteiger partial charge in [0, 0.05) is 12.7 Å². The molecule has 0 aliphatic heterocycles. The summed E-state index contributed by atoms with van der Waals surface area (Å²) in [7, 11) is 0. The summed E-state index contributed by atoms with van der Waals surface area (Å²) in [4.78, 5) is 16.1. The molecule has 7 heteroatoms. The van der Waals surface area contributed by atoms with Gasteiger partial charge in [0.1, 0.15) is 17.0 Å². The summed E-state index contributed by atoms with van der Waals surface area (Å²) in [6.07, 6.45) is 4.12. The molecule has 0 bridgehead atoms. The first-order valence-corrected chi connectivity index (χ1v) is 8.60. The molecule has 6 nitrogen and oxygen atoms in total. The monoisotopic (exact) mass is 386 g/mol. The van der Waals surface area contributed by atoms with Crippen LogP contribution in [0.4, 0.5) is 0 Å². The standard InChI is InChI=1S/C17H15BrN4O2/c18-16-15(24-10-14(23)12-3-1-2-8-19-12)7-6-13-17(16)20-21-22(13)9-11-4-5-11/h1-3,6-8,11H,4-5,9-10H2. The van der Waals surface area contributed by atoms with E-state index in [2.05, 4.69) is 31.2 Å². The molecule has 1 aromatic carbocycles. The van der Waals surface area contributed by atoms with Gasteiger partial charge in [-0.15, -0.1) is 5.10 Å². The Bertz CT molecular complexity index is 890. The number of aromatic nitrogens is 4. The van der Waals surface area contributed by atoms with Crippen LogP contribution in [0.1, 0.15) is 23.3 Å². The zero-order valence-corrected chi connectivity index (χ0v) is 14.4. The molecule has 2 heterocycles. The van der Waals surface area contributed by atoms with E-state index >= 15 is 0 Å². The van der Waals surface area contributed by atoms with Gasteiger partial charge in [0.15, 0.2) is 6.61 Å². The van der Waals surface area contributed by atoms with Crippen LogP contribution >= 0.6 is 15.9 Å². The van der Waals surface area contributed by atoms with E-state index in [0.717, 1.165) is 28.0 Å². The second-order valence-electron chi connectivity index (χ2n) is 5.89. The topological polar surface area (TPSA) is 69.9 Å². The van der Waals surface area contributed by atoms with Gasteiger partial charge in [-0.05, 0) is 59.0 Å². The van der Waals surface area contributed by atoms with Gasteiger partial charge in [0.2, 0.25) is 5.78 Å². The van der Waals surface area contributed by atoms with Crippen LogP contribution in [0.3, 0.4) is 0 Å². The maximum atomic E-state index is 12.1. The lowest BCUT2D eigenvalue weighted by atomic mass is 10.2. The van der Waals surface area contributed by atoms with Gasteiger partial charge in [0.25, 0.3) is 0 Å². The molecule has 122 valence electrons. The molecule has 0 spiro atoms. The number of halogens is 1. The van der Waals surface area contributed by atoms with Crippen LogP contribution in [0.5, 0.6) is 5.75 Å². The Balaban J connectivity index is 1.52. The van der Waals surface area contributed by atoms with Crippen molar-refractivity contribution >= 4 is 32.7 Å². The van der Waals surface area contributed by atoms with E-state index in [1.165, 1.54) is 12.8 Å². The number of benzene rings is 1. The lowest BCUT2D eigenvalue weighted by Crippen LogP contribution is -2.13. The van der Waals surface area contributed by atoms with Crippen molar-refractivity contribution < 1.29 is 9.53 Å². The van der Waals surface area contributed by atoms with Gasteiger partial charge >= 0.3 is 0 Å². The number of carbonyl (C=O) groups is 1. The Labute approximate surface area is 147 Å². The van der Waals surface area contributed by atoms with Gasteiger partial charge in [0.05, 0.1) is 9.99 Å². The summed E-state index contributed by atoms with van der Waals surface area (Å²) >= 11 is 3.52. The minimum Gasteiger partial charge on any atom is -0.484 e. The van der Waals surface area contributed by atoms with E-state index in [1.54, 1.807) is 24.4 Å². The molecule has 1 saturated carbocycles. The third-order valence-electron chi connectivity index (χ3n) is 4.03. The Hall–Kier alpha value is -2.28. The molecular weight excluding hydrogens is 372 g/mol. The average molecular weight is 387 g/mol. The molecular formula is C17H15BrN4O2. The Kier molecular flexibility index (Phi) is 4.02. The second kappa shape index (κ2) is 6.32. The molecule has 1 fully saturated rings. The van der Waals surface area contributed by atoms with Crippen molar-refractivity contribution in [1.82, 2.24) is 20.0 Å². The normalized spacial score (nSPS) is 14.0. The molecule has 4 rings (SSSR count). The van der Waals surface area contributed by atoms with Gasteiger partial charge in [-0.3, -0.25) is 9.78 Å². The summed E-state index contributed by atoms with van der Waals surface area (Å²) in [6.45, 7) is 0.832. The predicted octanol–water partition coefficient (Wildman–Crippen LogP) is 3.26. The van der Waals surface area contributed by atoms with Crippen LogP contribution in [-0.4, -0.2) is 32.4 Å². The zero-order valence-electron chi connectivity index (χ0n) is 12.9. The molecule has 2 aromatic heterocycles. The first-order chi connectivity index (χ1) is 11.7. The maximum Gasteiger partial charge on any atom is 0.218 e. The molecule has 0 N–H and O–H groups in total. The number of nitrogens with zero attached hydrogens (tertiary/aromatic N) is 4. The third-order valence-corrected chi connectivity index (χ3v) is 4.79. The number of carbonyl (C=O) groups excluding carboxylic acids is 1. The SMILES string of the molecule is O=C(COc1ccc2c(nnn2CC2CC2)c1Br)c1ccccn1. The largest absolute Gasteiger partial charge is 0.484 e. The summed E-state index contributed by atoms with van der Waals surface area (Å²) in [6, 6.07) is 8.99. The van der Waals surface area contributed by atoms with Crippen molar-refractivity contribution in [1.29, 1.82) is 0 Å². The lowest BCUT2D eigenvalue weighted by Gasteiger charge is -2.08. The highest BCUT2D eigenvalue weighted by Gasteiger charge is 2.24. The number of Topliss-reactive ketones (excluding diaryl/α,β-unsaturated/α-hetero) is 1. The first-order valence-electron chi connectivity index (χ1n) is 7.81. The number of fused-ring (bicyclic) bond motifs is 1. The minimum atomic E-state index is -0.167. The van der Waals surface area contributed by atoms with Crippen LogP contribution in [0.15, 0.2) is 41.0 Å². The molecule has 0 saturated heterocycles. The number of rotatable bonds is 6. The minimum absolute atomic E-state index is 0.0721. The van der Waals surface area contributed by atoms with Crippen LogP contribution < -0.4 is 4.74 Å². The third kappa shape index (κ3) is 3.03. The number of hydrogen-bond donors (Lipinski definition) is 0. The van der Waals surface area contributed by atoms with E-state index < -0.39 is 0 Å². The Morgan fingerprint density at radius 3 is 2.92 bits per heavy atom. The van der Waals surface area contributed by atoms with E-state index in [9.17, 15) is 4.79 Å². The fourth-order valence-electron chi connectivity index (χ4n) is 2.52. The maximum absolute atomic E-state index is 12.1. The van der Waals surface area contributed by atoms with Crippen molar-refractivity contribution in [2.45, 2.75) is 19.4 Å². The average Bonchev–Trinajstić information content (AvgIpc) is 3.34. The van der Waals surface area contributed by atoms with E-state index in [-0.39, 0.29) is 12.4 Å². The highest BCUT2D eigenvalue weighted by molar-refractivity contribution is 9.10. The molecule has 0 atom stereocenters. The van der Waals surface area contributed by atoms with Crippen molar-refractivity contribution in [3.8, 4) is 5.75 Å². The molecule has 24 heavy (non-hydrogen) atoms. The fraction of sp³-hybridized carbons (Fsp3) is 0.294. The summed E-state index contributed by atoms with van der Waals surface area (Å²) in [5.41, 5.74) is 2.11. The van der Waals surface area contributed by atoms with Crippen LogP contribution in [0.2, 0.25) is 0 Å². The zero-order chi connectivity index (χ0) is 16.5. The highest BCUT2D eigenvalue weighted by Crippen LogP contribution is 2.34. The highest BCUT2D eigenvalue weighted by atomic mass is 79.9. The van der Waals surface area contributed by atoms with E-state index in [4.69, 9.17) is 4.74 Å². The second-order valence-corrected chi connectivity index (χ2v) is 6.68. The number of ketones is 1.